The number of aromatic nitrogens is 1. The maximum Gasteiger partial charge on any atom is 0.122 e. The summed E-state index contributed by atoms with van der Waals surface area (Å²) < 4.78 is 5.33. The normalized spacial score (nSPS) is 12.4. The van der Waals surface area contributed by atoms with Crippen molar-refractivity contribution in [2.75, 3.05) is 7.11 Å². The standard InChI is InChI=1S/C14H17NO2S/c1-9-14(10(2)16)18-13(15-9)8-11-6-4-5-7-12(11)17-3/h4-7,10,16H,8H2,1-3H3. The molecule has 0 aliphatic rings. The van der Waals surface area contributed by atoms with Crippen molar-refractivity contribution < 1.29 is 9.84 Å². The number of para-hydroxylation sites is 1. The van der Waals surface area contributed by atoms with E-state index >= 15 is 0 Å². The molecule has 0 bridgehead atoms. The first kappa shape index (κ1) is 13.1. The summed E-state index contributed by atoms with van der Waals surface area (Å²) in [6.07, 6.45) is 0.288. The predicted molar refractivity (Wildman–Crippen MR) is 73.3 cm³/mol. The van der Waals surface area contributed by atoms with Crippen LogP contribution in [0.4, 0.5) is 0 Å². The molecule has 0 saturated heterocycles. The van der Waals surface area contributed by atoms with Crippen LogP contribution in [0.5, 0.6) is 5.75 Å². The molecule has 18 heavy (non-hydrogen) atoms. The molecule has 0 amide bonds. The zero-order valence-electron chi connectivity index (χ0n) is 10.8. The SMILES string of the molecule is COc1ccccc1Cc1nc(C)c(C(C)O)s1. The molecular weight excluding hydrogens is 246 g/mol. The minimum Gasteiger partial charge on any atom is -0.496 e. The second-order valence-corrected chi connectivity index (χ2v) is 5.34. The fourth-order valence-electron chi connectivity index (χ4n) is 1.94. The van der Waals surface area contributed by atoms with Crippen LogP contribution in [-0.4, -0.2) is 17.2 Å². The van der Waals surface area contributed by atoms with Gasteiger partial charge in [-0.3, -0.25) is 0 Å². The van der Waals surface area contributed by atoms with Gasteiger partial charge in [0.1, 0.15) is 5.75 Å². The largest absolute Gasteiger partial charge is 0.496 e. The molecule has 1 heterocycles. The van der Waals surface area contributed by atoms with Gasteiger partial charge in [0.25, 0.3) is 0 Å². The van der Waals surface area contributed by atoms with E-state index in [-0.39, 0.29) is 0 Å². The van der Waals surface area contributed by atoms with Crippen molar-refractivity contribution in [1.82, 2.24) is 4.98 Å². The first-order chi connectivity index (χ1) is 8.61. The van der Waals surface area contributed by atoms with Crippen molar-refractivity contribution in [3.63, 3.8) is 0 Å². The van der Waals surface area contributed by atoms with E-state index in [1.54, 1.807) is 25.4 Å². The average molecular weight is 263 g/mol. The van der Waals surface area contributed by atoms with Gasteiger partial charge in [-0.15, -0.1) is 11.3 Å². The molecule has 0 aliphatic carbocycles. The topological polar surface area (TPSA) is 42.4 Å². The third-order valence-corrected chi connectivity index (χ3v) is 4.12. The van der Waals surface area contributed by atoms with Gasteiger partial charge >= 0.3 is 0 Å². The van der Waals surface area contributed by atoms with Crippen LogP contribution < -0.4 is 4.74 Å². The van der Waals surface area contributed by atoms with E-state index in [0.717, 1.165) is 33.3 Å². The molecule has 3 nitrogen and oxygen atoms in total. The van der Waals surface area contributed by atoms with Gasteiger partial charge in [0.05, 0.1) is 28.8 Å². The Morgan fingerprint density at radius 1 is 1.39 bits per heavy atom. The Kier molecular flexibility index (Phi) is 3.99. The molecule has 96 valence electrons. The molecule has 1 N–H and O–H groups in total. The lowest BCUT2D eigenvalue weighted by molar-refractivity contribution is 0.202. The minimum absolute atomic E-state index is 0.450. The maximum absolute atomic E-state index is 9.63. The van der Waals surface area contributed by atoms with E-state index in [1.165, 1.54) is 0 Å². The van der Waals surface area contributed by atoms with E-state index < -0.39 is 6.10 Å². The van der Waals surface area contributed by atoms with Gasteiger partial charge in [-0.1, -0.05) is 18.2 Å². The third kappa shape index (κ3) is 2.71. The Morgan fingerprint density at radius 3 is 2.72 bits per heavy atom. The van der Waals surface area contributed by atoms with E-state index in [9.17, 15) is 5.11 Å². The van der Waals surface area contributed by atoms with Gasteiger partial charge in [-0.25, -0.2) is 4.98 Å². The summed E-state index contributed by atoms with van der Waals surface area (Å²) in [5, 5.41) is 10.6. The van der Waals surface area contributed by atoms with Crippen LogP contribution in [0.15, 0.2) is 24.3 Å². The van der Waals surface area contributed by atoms with Gasteiger partial charge in [0.15, 0.2) is 0 Å². The molecule has 0 fully saturated rings. The maximum atomic E-state index is 9.63. The Hall–Kier alpha value is -1.39. The van der Waals surface area contributed by atoms with Crippen LogP contribution in [0.1, 0.15) is 34.2 Å². The predicted octanol–water partition coefficient (Wildman–Crippen LogP) is 3.10. The zero-order chi connectivity index (χ0) is 13.1. The minimum atomic E-state index is -0.450. The first-order valence-electron chi connectivity index (χ1n) is 5.88. The van der Waals surface area contributed by atoms with Gasteiger partial charge in [0.2, 0.25) is 0 Å². The fourth-order valence-corrected chi connectivity index (χ4v) is 2.97. The number of hydrogen-bond acceptors (Lipinski definition) is 4. The highest BCUT2D eigenvalue weighted by molar-refractivity contribution is 7.11. The van der Waals surface area contributed by atoms with Gasteiger partial charge in [-0.2, -0.15) is 0 Å². The summed E-state index contributed by atoms with van der Waals surface area (Å²) in [7, 11) is 1.67. The lowest BCUT2D eigenvalue weighted by atomic mass is 10.1. The van der Waals surface area contributed by atoms with Crippen molar-refractivity contribution in [2.45, 2.75) is 26.4 Å². The molecule has 0 radical (unpaired) electrons. The van der Waals surface area contributed by atoms with Crippen LogP contribution in [-0.2, 0) is 6.42 Å². The second-order valence-electron chi connectivity index (χ2n) is 4.22. The van der Waals surface area contributed by atoms with Crippen LogP contribution in [0.2, 0.25) is 0 Å². The summed E-state index contributed by atoms with van der Waals surface area (Å²) in [6.45, 7) is 3.71. The number of ether oxygens (including phenoxy) is 1. The van der Waals surface area contributed by atoms with E-state index in [4.69, 9.17) is 4.74 Å². The Bertz CT molecular complexity index is 534. The van der Waals surface area contributed by atoms with Crippen molar-refractivity contribution in [2.24, 2.45) is 0 Å². The number of methoxy groups -OCH3 is 1. The molecule has 1 atom stereocenters. The van der Waals surface area contributed by atoms with Gasteiger partial charge < -0.3 is 9.84 Å². The highest BCUT2D eigenvalue weighted by atomic mass is 32.1. The molecule has 0 spiro atoms. The summed E-state index contributed by atoms with van der Waals surface area (Å²) >= 11 is 1.56. The molecular formula is C14H17NO2S. The molecule has 0 aliphatic heterocycles. The summed E-state index contributed by atoms with van der Waals surface area (Å²) in [6, 6.07) is 7.94. The van der Waals surface area contributed by atoms with Crippen LogP contribution >= 0.6 is 11.3 Å². The first-order valence-corrected chi connectivity index (χ1v) is 6.69. The number of rotatable bonds is 4. The lowest BCUT2D eigenvalue weighted by Crippen LogP contribution is -1.93. The average Bonchev–Trinajstić information content (AvgIpc) is 2.71. The van der Waals surface area contributed by atoms with Crippen LogP contribution in [0, 0.1) is 6.92 Å². The van der Waals surface area contributed by atoms with E-state index in [1.807, 2.05) is 31.2 Å². The Labute approximate surface area is 111 Å². The van der Waals surface area contributed by atoms with Crippen LogP contribution in [0.3, 0.4) is 0 Å². The second kappa shape index (κ2) is 5.50. The molecule has 2 rings (SSSR count). The number of aliphatic hydroxyl groups is 1. The van der Waals surface area contributed by atoms with E-state index in [2.05, 4.69) is 4.98 Å². The molecule has 4 heteroatoms. The monoisotopic (exact) mass is 263 g/mol. The number of benzene rings is 1. The number of aryl methyl sites for hydroxylation is 1. The van der Waals surface area contributed by atoms with Crippen molar-refractivity contribution in [3.8, 4) is 5.75 Å². The Morgan fingerprint density at radius 2 is 2.11 bits per heavy atom. The summed E-state index contributed by atoms with van der Waals surface area (Å²) in [4.78, 5) is 5.45. The summed E-state index contributed by atoms with van der Waals surface area (Å²) in [5.41, 5.74) is 2.03. The Balaban J connectivity index is 2.26. The van der Waals surface area contributed by atoms with Gasteiger partial charge in [-0.05, 0) is 19.9 Å². The summed E-state index contributed by atoms with van der Waals surface area (Å²) in [5.74, 6) is 0.879. The molecule has 1 aromatic heterocycles. The number of nitrogens with zero attached hydrogens (tertiary/aromatic N) is 1. The van der Waals surface area contributed by atoms with E-state index in [0.29, 0.717) is 0 Å². The van der Waals surface area contributed by atoms with Crippen molar-refractivity contribution >= 4 is 11.3 Å². The number of hydrogen-bond donors (Lipinski definition) is 1. The zero-order valence-corrected chi connectivity index (χ0v) is 11.6. The molecule has 0 saturated carbocycles. The van der Waals surface area contributed by atoms with Gasteiger partial charge in [0, 0.05) is 12.0 Å². The third-order valence-electron chi connectivity index (χ3n) is 2.79. The number of aliphatic hydroxyl groups excluding tert-OH is 1. The molecule has 1 aromatic carbocycles. The highest BCUT2D eigenvalue weighted by Crippen LogP contribution is 2.28. The fraction of sp³-hybridized carbons (Fsp3) is 0.357. The quantitative estimate of drug-likeness (QED) is 0.921. The highest BCUT2D eigenvalue weighted by Gasteiger charge is 2.13. The number of thiazole rings is 1. The molecule has 2 aromatic rings. The van der Waals surface area contributed by atoms with Crippen LogP contribution in [0.25, 0.3) is 0 Å². The smallest absolute Gasteiger partial charge is 0.122 e. The lowest BCUT2D eigenvalue weighted by Gasteiger charge is -2.05. The van der Waals surface area contributed by atoms with Crippen molar-refractivity contribution in [1.29, 1.82) is 0 Å². The van der Waals surface area contributed by atoms with Crippen molar-refractivity contribution in [3.05, 3.63) is 45.4 Å². The molecule has 1 unspecified atom stereocenters.